The van der Waals surface area contributed by atoms with Gasteiger partial charge in [0.2, 0.25) is 0 Å². The van der Waals surface area contributed by atoms with Crippen molar-refractivity contribution in [3.63, 3.8) is 0 Å². The SMILES string of the molecule is CCNc1cc(C(=O)N(C)C2CCN(C)CC2)cc(Cl)n1. The summed E-state index contributed by atoms with van der Waals surface area (Å²) in [5, 5.41) is 3.44. The molecule has 1 amide bonds. The van der Waals surface area contributed by atoms with Crippen LogP contribution in [0.4, 0.5) is 5.82 Å². The second kappa shape index (κ2) is 7.09. The number of piperidine rings is 1. The molecule has 1 saturated heterocycles. The van der Waals surface area contributed by atoms with Crippen LogP contribution >= 0.6 is 11.6 Å². The lowest BCUT2D eigenvalue weighted by atomic mass is 10.0. The first-order valence-corrected chi connectivity index (χ1v) is 7.76. The highest BCUT2D eigenvalue weighted by Crippen LogP contribution is 2.20. The van der Waals surface area contributed by atoms with E-state index in [0.29, 0.717) is 22.6 Å². The second-order valence-electron chi connectivity index (χ2n) is 5.54. The van der Waals surface area contributed by atoms with E-state index in [1.807, 2.05) is 18.9 Å². The Bertz CT molecular complexity index is 500. The summed E-state index contributed by atoms with van der Waals surface area (Å²) in [6, 6.07) is 3.70. The van der Waals surface area contributed by atoms with Crippen molar-refractivity contribution in [2.45, 2.75) is 25.8 Å². The number of anilines is 1. The number of nitrogens with zero attached hydrogens (tertiary/aromatic N) is 3. The predicted octanol–water partition coefficient (Wildman–Crippen LogP) is 2.33. The van der Waals surface area contributed by atoms with Crippen molar-refractivity contribution in [1.29, 1.82) is 0 Å². The van der Waals surface area contributed by atoms with Crippen molar-refractivity contribution in [2.24, 2.45) is 0 Å². The summed E-state index contributed by atoms with van der Waals surface area (Å²) in [5.41, 5.74) is 0.590. The Morgan fingerprint density at radius 2 is 2.14 bits per heavy atom. The van der Waals surface area contributed by atoms with Crippen molar-refractivity contribution in [3.05, 3.63) is 22.8 Å². The van der Waals surface area contributed by atoms with E-state index in [1.165, 1.54) is 0 Å². The van der Waals surface area contributed by atoms with Crippen LogP contribution in [-0.4, -0.2) is 60.5 Å². The maximum Gasteiger partial charge on any atom is 0.254 e. The molecule has 116 valence electrons. The lowest BCUT2D eigenvalue weighted by Crippen LogP contribution is -2.44. The summed E-state index contributed by atoms with van der Waals surface area (Å²) in [7, 11) is 3.99. The number of hydrogen-bond donors (Lipinski definition) is 1. The van der Waals surface area contributed by atoms with Crippen molar-refractivity contribution >= 4 is 23.3 Å². The third kappa shape index (κ3) is 4.08. The molecule has 0 bridgehead atoms. The number of pyridine rings is 1. The fourth-order valence-corrected chi connectivity index (χ4v) is 2.85. The van der Waals surface area contributed by atoms with Crippen LogP contribution in [0.15, 0.2) is 12.1 Å². The number of rotatable bonds is 4. The van der Waals surface area contributed by atoms with Gasteiger partial charge in [0.25, 0.3) is 5.91 Å². The summed E-state index contributed by atoms with van der Waals surface area (Å²) in [6.07, 6.45) is 2.02. The highest BCUT2D eigenvalue weighted by molar-refractivity contribution is 6.29. The van der Waals surface area contributed by atoms with E-state index in [-0.39, 0.29) is 5.91 Å². The van der Waals surface area contributed by atoms with E-state index >= 15 is 0 Å². The van der Waals surface area contributed by atoms with Crippen LogP contribution < -0.4 is 5.32 Å². The molecule has 6 heteroatoms. The van der Waals surface area contributed by atoms with Gasteiger partial charge in [0, 0.05) is 25.2 Å². The van der Waals surface area contributed by atoms with Gasteiger partial charge in [-0.1, -0.05) is 11.6 Å². The normalized spacial score (nSPS) is 16.8. The molecule has 1 aromatic heterocycles. The van der Waals surface area contributed by atoms with E-state index < -0.39 is 0 Å². The molecule has 0 spiro atoms. The number of carbonyl (C=O) groups is 1. The number of amides is 1. The molecule has 1 aromatic rings. The summed E-state index contributed by atoms with van der Waals surface area (Å²) in [6.45, 7) is 4.78. The molecule has 1 fully saturated rings. The smallest absolute Gasteiger partial charge is 0.254 e. The predicted molar refractivity (Wildman–Crippen MR) is 86.0 cm³/mol. The molecule has 0 unspecified atom stereocenters. The van der Waals surface area contributed by atoms with Crippen molar-refractivity contribution in [2.75, 3.05) is 39.0 Å². The number of carbonyl (C=O) groups excluding carboxylic acids is 1. The molecule has 0 aliphatic carbocycles. The van der Waals surface area contributed by atoms with Gasteiger partial charge in [-0.2, -0.15) is 0 Å². The molecule has 21 heavy (non-hydrogen) atoms. The summed E-state index contributed by atoms with van der Waals surface area (Å²) in [4.78, 5) is 20.9. The molecule has 2 rings (SSSR count). The summed E-state index contributed by atoms with van der Waals surface area (Å²) < 4.78 is 0. The van der Waals surface area contributed by atoms with E-state index in [1.54, 1.807) is 12.1 Å². The molecule has 0 saturated carbocycles. The Kier molecular flexibility index (Phi) is 5.42. The van der Waals surface area contributed by atoms with Crippen LogP contribution in [0.5, 0.6) is 0 Å². The van der Waals surface area contributed by atoms with E-state index in [4.69, 9.17) is 11.6 Å². The fraction of sp³-hybridized carbons (Fsp3) is 0.600. The maximum absolute atomic E-state index is 12.6. The first-order chi connectivity index (χ1) is 10.0. The van der Waals surface area contributed by atoms with Gasteiger partial charge >= 0.3 is 0 Å². The Hall–Kier alpha value is -1.33. The minimum Gasteiger partial charge on any atom is -0.370 e. The monoisotopic (exact) mass is 310 g/mol. The van der Waals surface area contributed by atoms with Crippen molar-refractivity contribution in [3.8, 4) is 0 Å². The minimum absolute atomic E-state index is 0.00741. The average Bonchev–Trinajstić information content (AvgIpc) is 2.46. The molecule has 0 aromatic carbocycles. The largest absolute Gasteiger partial charge is 0.370 e. The van der Waals surface area contributed by atoms with Gasteiger partial charge in [0.05, 0.1) is 0 Å². The van der Waals surface area contributed by atoms with E-state index in [9.17, 15) is 4.79 Å². The molecule has 5 nitrogen and oxygen atoms in total. The van der Waals surface area contributed by atoms with Gasteiger partial charge in [-0.05, 0) is 52.0 Å². The van der Waals surface area contributed by atoms with Crippen LogP contribution in [0.1, 0.15) is 30.1 Å². The maximum atomic E-state index is 12.6. The lowest BCUT2D eigenvalue weighted by molar-refractivity contribution is 0.0659. The third-order valence-corrected chi connectivity index (χ3v) is 4.15. The number of nitrogens with one attached hydrogen (secondary N) is 1. The minimum atomic E-state index is 0.00741. The Labute approximate surface area is 131 Å². The van der Waals surface area contributed by atoms with Crippen LogP contribution in [0.25, 0.3) is 0 Å². The molecule has 1 N–H and O–H groups in total. The van der Waals surface area contributed by atoms with Crippen LogP contribution in [0.3, 0.4) is 0 Å². The number of aromatic nitrogens is 1. The molecular weight excluding hydrogens is 288 g/mol. The molecular formula is C15H23ClN4O. The molecule has 1 aliphatic rings. The zero-order valence-corrected chi connectivity index (χ0v) is 13.7. The van der Waals surface area contributed by atoms with E-state index in [2.05, 4.69) is 22.2 Å². The first kappa shape index (κ1) is 16.0. The standard InChI is InChI=1S/C15H23ClN4O/c1-4-17-14-10-11(9-13(16)18-14)15(21)20(3)12-5-7-19(2)8-6-12/h9-10,12H,4-8H2,1-3H3,(H,17,18). The average molecular weight is 311 g/mol. The van der Waals surface area contributed by atoms with Crippen LogP contribution in [-0.2, 0) is 0 Å². The topological polar surface area (TPSA) is 48.5 Å². The van der Waals surface area contributed by atoms with Crippen LogP contribution in [0, 0.1) is 0 Å². The Morgan fingerprint density at radius 1 is 1.48 bits per heavy atom. The zero-order chi connectivity index (χ0) is 15.4. The molecule has 1 aliphatic heterocycles. The third-order valence-electron chi connectivity index (χ3n) is 3.96. The quantitative estimate of drug-likeness (QED) is 0.867. The van der Waals surface area contributed by atoms with Gasteiger partial charge in [-0.3, -0.25) is 4.79 Å². The highest BCUT2D eigenvalue weighted by Gasteiger charge is 2.25. The Morgan fingerprint density at radius 3 is 2.76 bits per heavy atom. The molecule has 2 heterocycles. The number of halogens is 1. The summed E-state index contributed by atoms with van der Waals surface area (Å²) >= 11 is 6.01. The number of hydrogen-bond acceptors (Lipinski definition) is 4. The second-order valence-corrected chi connectivity index (χ2v) is 5.93. The van der Waals surface area contributed by atoms with Crippen molar-refractivity contribution in [1.82, 2.24) is 14.8 Å². The first-order valence-electron chi connectivity index (χ1n) is 7.38. The van der Waals surface area contributed by atoms with Crippen molar-refractivity contribution < 1.29 is 4.79 Å². The van der Waals surface area contributed by atoms with Crippen LogP contribution in [0.2, 0.25) is 5.15 Å². The fourth-order valence-electron chi connectivity index (χ4n) is 2.64. The highest BCUT2D eigenvalue weighted by atomic mass is 35.5. The Balaban J connectivity index is 2.11. The van der Waals surface area contributed by atoms with Gasteiger partial charge in [-0.15, -0.1) is 0 Å². The van der Waals surface area contributed by atoms with Gasteiger partial charge in [0.1, 0.15) is 11.0 Å². The molecule has 0 radical (unpaired) electrons. The van der Waals surface area contributed by atoms with Gasteiger partial charge in [0.15, 0.2) is 0 Å². The lowest BCUT2D eigenvalue weighted by Gasteiger charge is -2.35. The summed E-state index contributed by atoms with van der Waals surface area (Å²) in [5.74, 6) is 0.651. The van der Waals surface area contributed by atoms with Gasteiger partial charge < -0.3 is 15.1 Å². The van der Waals surface area contributed by atoms with Gasteiger partial charge in [-0.25, -0.2) is 4.98 Å². The number of likely N-dealkylation sites (tertiary alicyclic amines) is 1. The van der Waals surface area contributed by atoms with E-state index in [0.717, 1.165) is 32.5 Å². The molecule has 0 atom stereocenters. The zero-order valence-electron chi connectivity index (χ0n) is 12.9.